The van der Waals surface area contributed by atoms with Crippen molar-refractivity contribution in [3.8, 4) is 0 Å². The Labute approximate surface area is 126 Å². The summed E-state index contributed by atoms with van der Waals surface area (Å²) in [4.78, 5) is 21.1. The molecule has 1 amide bonds. The molecule has 2 atom stereocenters. The quantitative estimate of drug-likeness (QED) is 0.835. The number of carbonyl (C=O) groups is 1. The highest BCUT2D eigenvalue weighted by Gasteiger charge is 2.33. The lowest BCUT2D eigenvalue weighted by atomic mass is 9.99. The molecule has 3 rings (SSSR count). The van der Waals surface area contributed by atoms with E-state index in [4.69, 9.17) is 0 Å². The molecular weight excluding hydrogens is 266 g/mol. The smallest absolute Gasteiger partial charge is 0.239 e. The van der Waals surface area contributed by atoms with E-state index in [1.807, 2.05) is 9.58 Å². The van der Waals surface area contributed by atoms with E-state index in [-0.39, 0.29) is 6.04 Å². The monoisotopic (exact) mass is 291 g/mol. The molecule has 0 aliphatic carbocycles. The molecule has 2 saturated heterocycles. The van der Waals surface area contributed by atoms with Crippen molar-refractivity contribution in [1.29, 1.82) is 0 Å². The first-order valence-electron chi connectivity index (χ1n) is 8.12. The number of likely N-dealkylation sites (tertiary alicyclic amines) is 2. The van der Waals surface area contributed by atoms with Gasteiger partial charge in [0.05, 0.1) is 12.6 Å². The minimum Gasteiger partial charge on any atom is -0.341 e. The SMILES string of the molecule is C[C@H](C(=O)N1CCCC1)N1CCCC[C@H]1Cn1cncn1. The summed E-state index contributed by atoms with van der Waals surface area (Å²) in [6, 6.07) is 0.374. The topological polar surface area (TPSA) is 54.3 Å². The molecular formula is C15H25N5O. The summed E-state index contributed by atoms with van der Waals surface area (Å²) in [5, 5.41) is 4.21. The first-order valence-corrected chi connectivity index (χ1v) is 8.12. The first kappa shape index (κ1) is 14.5. The van der Waals surface area contributed by atoms with Gasteiger partial charge in [0.2, 0.25) is 5.91 Å². The van der Waals surface area contributed by atoms with E-state index in [0.717, 1.165) is 45.4 Å². The van der Waals surface area contributed by atoms with Crippen molar-refractivity contribution in [2.75, 3.05) is 19.6 Å². The van der Waals surface area contributed by atoms with E-state index in [2.05, 4.69) is 21.9 Å². The molecule has 2 fully saturated rings. The van der Waals surface area contributed by atoms with Gasteiger partial charge in [-0.1, -0.05) is 6.42 Å². The van der Waals surface area contributed by atoms with E-state index >= 15 is 0 Å². The third-order valence-corrected chi connectivity index (χ3v) is 4.81. The number of hydrogen-bond acceptors (Lipinski definition) is 4. The molecule has 21 heavy (non-hydrogen) atoms. The molecule has 116 valence electrons. The summed E-state index contributed by atoms with van der Waals surface area (Å²) in [5.41, 5.74) is 0. The molecule has 0 N–H and O–H groups in total. The van der Waals surface area contributed by atoms with Crippen molar-refractivity contribution < 1.29 is 4.79 Å². The van der Waals surface area contributed by atoms with Crippen LogP contribution in [-0.2, 0) is 11.3 Å². The van der Waals surface area contributed by atoms with Crippen molar-refractivity contribution in [2.45, 2.75) is 57.7 Å². The van der Waals surface area contributed by atoms with Gasteiger partial charge in [-0.2, -0.15) is 5.10 Å². The summed E-state index contributed by atoms with van der Waals surface area (Å²) in [6.45, 7) is 5.79. The summed E-state index contributed by atoms with van der Waals surface area (Å²) in [7, 11) is 0. The van der Waals surface area contributed by atoms with Gasteiger partial charge in [-0.05, 0) is 39.2 Å². The van der Waals surface area contributed by atoms with Crippen LogP contribution in [0.4, 0.5) is 0 Å². The van der Waals surface area contributed by atoms with Gasteiger partial charge in [0.1, 0.15) is 12.7 Å². The van der Waals surface area contributed by atoms with Gasteiger partial charge in [-0.15, -0.1) is 0 Å². The molecule has 1 aromatic heterocycles. The molecule has 0 saturated carbocycles. The van der Waals surface area contributed by atoms with E-state index in [1.165, 1.54) is 12.8 Å². The Hall–Kier alpha value is -1.43. The van der Waals surface area contributed by atoms with Gasteiger partial charge in [0.25, 0.3) is 0 Å². The lowest BCUT2D eigenvalue weighted by molar-refractivity contribution is -0.137. The average Bonchev–Trinajstić information content (AvgIpc) is 3.19. The minimum absolute atomic E-state index is 0.0167. The number of aromatic nitrogens is 3. The van der Waals surface area contributed by atoms with Crippen molar-refractivity contribution in [2.24, 2.45) is 0 Å². The van der Waals surface area contributed by atoms with Crippen LogP contribution in [0.15, 0.2) is 12.7 Å². The standard InChI is InChI=1S/C15H25N5O/c1-13(15(21)18-7-4-5-8-18)20-9-3-2-6-14(20)10-19-12-16-11-17-19/h11-14H,2-10H2,1H3/t13-,14+/m1/s1. The van der Waals surface area contributed by atoms with Gasteiger partial charge >= 0.3 is 0 Å². The lowest BCUT2D eigenvalue weighted by Gasteiger charge is -2.40. The highest BCUT2D eigenvalue weighted by Crippen LogP contribution is 2.22. The number of rotatable bonds is 4. The highest BCUT2D eigenvalue weighted by molar-refractivity contribution is 5.81. The largest absolute Gasteiger partial charge is 0.341 e. The third-order valence-electron chi connectivity index (χ3n) is 4.81. The third kappa shape index (κ3) is 3.26. The normalized spacial score (nSPS) is 25.2. The Morgan fingerprint density at radius 2 is 2.00 bits per heavy atom. The molecule has 0 unspecified atom stereocenters. The molecule has 1 aromatic rings. The fourth-order valence-electron chi connectivity index (χ4n) is 3.62. The van der Waals surface area contributed by atoms with Crippen molar-refractivity contribution >= 4 is 5.91 Å². The van der Waals surface area contributed by atoms with Crippen LogP contribution >= 0.6 is 0 Å². The number of amides is 1. The van der Waals surface area contributed by atoms with Crippen LogP contribution in [0.1, 0.15) is 39.0 Å². The molecule has 6 heteroatoms. The summed E-state index contributed by atoms with van der Waals surface area (Å²) in [6.07, 6.45) is 9.21. The summed E-state index contributed by atoms with van der Waals surface area (Å²) >= 11 is 0. The van der Waals surface area contributed by atoms with Gasteiger partial charge < -0.3 is 4.90 Å². The van der Waals surface area contributed by atoms with E-state index in [1.54, 1.807) is 12.7 Å². The van der Waals surface area contributed by atoms with Gasteiger partial charge in [0.15, 0.2) is 0 Å². The van der Waals surface area contributed by atoms with Crippen LogP contribution in [-0.4, -0.2) is 62.2 Å². The van der Waals surface area contributed by atoms with E-state index < -0.39 is 0 Å². The molecule has 0 bridgehead atoms. The van der Waals surface area contributed by atoms with E-state index in [9.17, 15) is 4.79 Å². The Morgan fingerprint density at radius 1 is 1.24 bits per heavy atom. The molecule has 0 radical (unpaired) electrons. The van der Waals surface area contributed by atoms with Crippen LogP contribution in [0.25, 0.3) is 0 Å². The lowest BCUT2D eigenvalue weighted by Crippen LogP contribution is -2.53. The fourth-order valence-corrected chi connectivity index (χ4v) is 3.62. The minimum atomic E-state index is -0.0167. The molecule has 2 aliphatic rings. The van der Waals surface area contributed by atoms with Gasteiger partial charge in [-0.3, -0.25) is 14.4 Å². The summed E-state index contributed by atoms with van der Waals surface area (Å²) < 4.78 is 1.88. The predicted molar refractivity (Wildman–Crippen MR) is 79.6 cm³/mol. The first-order chi connectivity index (χ1) is 10.3. The molecule has 6 nitrogen and oxygen atoms in total. The maximum Gasteiger partial charge on any atom is 0.239 e. The van der Waals surface area contributed by atoms with Crippen LogP contribution in [0.3, 0.4) is 0 Å². The maximum absolute atomic E-state index is 12.6. The molecule has 0 aromatic carbocycles. The molecule has 3 heterocycles. The Bertz CT molecular complexity index is 455. The average molecular weight is 291 g/mol. The Balaban J connectivity index is 1.66. The van der Waals surface area contributed by atoms with Crippen LogP contribution in [0, 0.1) is 0 Å². The second-order valence-corrected chi connectivity index (χ2v) is 6.21. The van der Waals surface area contributed by atoms with Crippen molar-refractivity contribution in [1.82, 2.24) is 24.6 Å². The number of piperidine rings is 1. The second kappa shape index (κ2) is 6.56. The van der Waals surface area contributed by atoms with E-state index in [0.29, 0.717) is 11.9 Å². The zero-order chi connectivity index (χ0) is 14.7. The zero-order valence-corrected chi connectivity index (χ0v) is 12.8. The highest BCUT2D eigenvalue weighted by atomic mass is 16.2. The molecule has 0 spiro atoms. The Kier molecular flexibility index (Phi) is 4.53. The Morgan fingerprint density at radius 3 is 2.71 bits per heavy atom. The zero-order valence-electron chi connectivity index (χ0n) is 12.8. The van der Waals surface area contributed by atoms with Crippen molar-refractivity contribution in [3.05, 3.63) is 12.7 Å². The van der Waals surface area contributed by atoms with Gasteiger partial charge in [-0.25, -0.2) is 4.98 Å². The van der Waals surface area contributed by atoms with Crippen LogP contribution < -0.4 is 0 Å². The maximum atomic E-state index is 12.6. The fraction of sp³-hybridized carbons (Fsp3) is 0.800. The summed E-state index contributed by atoms with van der Waals surface area (Å²) in [5.74, 6) is 0.304. The van der Waals surface area contributed by atoms with Crippen LogP contribution in [0.5, 0.6) is 0 Å². The number of carbonyl (C=O) groups excluding carboxylic acids is 1. The number of hydrogen-bond donors (Lipinski definition) is 0. The molecule has 2 aliphatic heterocycles. The number of nitrogens with zero attached hydrogens (tertiary/aromatic N) is 5. The predicted octanol–water partition coefficient (Wildman–Crippen LogP) is 1.14. The van der Waals surface area contributed by atoms with Crippen molar-refractivity contribution in [3.63, 3.8) is 0 Å². The van der Waals surface area contributed by atoms with Crippen LogP contribution in [0.2, 0.25) is 0 Å². The van der Waals surface area contributed by atoms with Gasteiger partial charge in [0, 0.05) is 19.1 Å². The second-order valence-electron chi connectivity index (χ2n) is 6.21.